The molecule has 0 fully saturated rings. The van der Waals surface area contributed by atoms with E-state index in [4.69, 9.17) is 5.73 Å². The minimum atomic E-state index is -0.354. The topological polar surface area (TPSA) is 73.8 Å². The molecule has 1 aliphatic rings. The molecule has 2 aromatic rings. The highest BCUT2D eigenvalue weighted by atomic mass is 32.2. The lowest BCUT2D eigenvalue weighted by atomic mass is 9.95. The standard InChI is InChI=1S/C15H18N4OS2/c1-2-7-19-14(17-18-15(19)22-9-13(16)20)11-8-21-12-6-4-3-5-10(11)12/h2,8H,1,3-7,9H2,(H2,16,20). The molecule has 2 aromatic heterocycles. The van der Waals surface area contributed by atoms with Crippen LogP contribution in [0.1, 0.15) is 23.3 Å². The van der Waals surface area contributed by atoms with Crippen LogP contribution in [0.3, 0.4) is 0 Å². The van der Waals surface area contributed by atoms with E-state index in [1.54, 1.807) is 0 Å². The second kappa shape index (κ2) is 6.66. The number of hydrogen-bond acceptors (Lipinski definition) is 5. The zero-order chi connectivity index (χ0) is 15.5. The average molecular weight is 334 g/mol. The molecule has 0 atom stereocenters. The zero-order valence-electron chi connectivity index (χ0n) is 12.2. The van der Waals surface area contributed by atoms with Crippen molar-refractivity contribution in [1.82, 2.24) is 14.8 Å². The minimum Gasteiger partial charge on any atom is -0.369 e. The number of carbonyl (C=O) groups excluding carboxylic acids is 1. The van der Waals surface area contributed by atoms with Gasteiger partial charge in [-0.2, -0.15) is 0 Å². The molecule has 0 unspecified atom stereocenters. The molecule has 0 saturated heterocycles. The number of thioether (sulfide) groups is 1. The smallest absolute Gasteiger partial charge is 0.227 e. The number of primary amides is 1. The molecule has 5 nitrogen and oxygen atoms in total. The second-order valence-electron chi connectivity index (χ2n) is 5.22. The molecule has 0 aliphatic heterocycles. The largest absolute Gasteiger partial charge is 0.369 e. The number of carbonyl (C=O) groups is 1. The Morgan fingerprint density at radius 1 is 1.45 bits per heavy atom. The molecule has 2 heterocycles. The summed E-state index contributed by atoms with van der Waals surface area (Å²) in [4.78, 5) is 12.5. The summed E-state index contributed by atoms with van der Waals surface area (Å²) in [6.07, 6.45) is 6.60. The molecule has 3 rings (SSSR count). The van der Waals surface area contributed by atoms with Crippen molar-refractivity contribution < 1.29 is 4.79 Å². The van der Waals surface area contributed by atoms with E-state index in [1.807, 2.05) is 22.0 Å². The van der Waals surface area contributed by atoms with E-state index in [0.717, 1.165) is 12.2 Å². The van der Waals surface area contributed by atoms with Gasteiger partial charge in [-0.05, 0) is 31.2 Å². The van der Waals surface area contributed by atoms with Gasteiger partial charge in [0, 0.05) is 22.4 Å². The molecule has 0 bridgehead atoms. The quantitative estimate of drug-likeness (QED) is 0.651. The van der Waals surface area contributed by atoms with E-state index in [1.165, 1.54) is 47.0 Å². The third kappa shape index (κ3) is 2.96. The summed E-state index contributed by atoms with van der Waals surface area (Å²) in [6, 6.07) is 0. The van der Waals surface area contributed by atoms with Crippen LogP contribution in [0.4, 0.5) is 0 Å². The summed E-state index contributed by atoms with van der Waals surface area (Å²) in [5.41, 5.74) is 7.82. The van der Waals surface area contributed by atoms with E-state index < -0.39 is 0 Å². The van der Waals surface area contributed by atoms with E-state index >= 15 is 0 Å². The van der Waals surface area contributed by atoms with Gasteiger partial charge in [-0.1, -0.05) is 17.8 Å². The van der Waals surface area contributed by atoms with Crippen molar-refractivity contribution in [2.45, 2.75) is 37.4 Å². The van der Waals surface area contributed by atoms with Crippen molar-refractivity contribution in [3.05, 3.63) is 28.5 Å². The maximum atomic E-state index is 11.0. The first-order valence-electron chi connectivity index (χ1n) is 7.25. The van der Waals surface area contributed by atoms with E-state index in [2.05, 4.69) is 22.2 Å². The molecule has 1 aliphatic carbocycles. The van der Waals surface area contributed by atoms with Crippen LogP contribution in [0.5, 0.6) is 0 Å². The first-order chi connectivity index (χ1) is 10.7. The summed E-state index contributed by atoms with van der Waals surface area (Å²) in [5, 5.41) is 11.5. The van der Waals surface area contributed by atoms with Gasteiger partial charge in [-0.3, -0.25) is 9.36 Å². The van der Waals surface area contributed by atoms with Crippen LogP contribution < -0.4 is 5.73 Å². The van der Waals surface area contributed by atoms with Crippen LogP contribution in [-0.2, 0) is 24.2 Å². The number of fused-ring (bicyclic) bond motifs is 1. The number of amides is 1. The number of aryl methyl sites for hydroxylation is 1. The molecule has 7 heteroatoms. The SMILES string of the molecule is C=CCn1c(SCC(N)=O)nnc1-c1csc2c1CCCC2. The monoisotopic (exact) mass is 334 g/mol. The number of thiophene rings is 1. The number of nitrogens with zero attached hydrogens (tertiary/aromatic N) is 3. The van der Waals surface area contributed by atoms with Gasteiger partial charge in [-0.15, -0.1) is 28.1 Å². The first kappa shape index (κ1) is 15.3. The summed E-state index contributed by atoms with van der Waals surface area (Å²) in [6.45, 7) is 4.43. The molecule has 0 aromatic carbocycles. The van der Waals surface area contributed by atoms with E-state index in [9.17, 15) is 4.79 Å². The Morgan fingerprint density at radius 2 is 2.27 bits per heavy atom. The van der Waals surface area contributed by atoms with Gasteiger partial charge < -0.3 is 5.73 Å². The predicted octanol–water partition coefficient (Wildman–Crippen LogP) is 2.65. The van der Waals surface area contributed by atoms with E-state index in [-0.39, 0.29) is 11.7 Å². The molecule has 0 spiro atoms. The van der Waals surface area contributed by atoms with Gasteiger partial charge in [-0.25, -0.2) is 0 Å². The fourth-order valence-electron chi connectivity index (χ4n) is 2.71. The van der Waals surface area contributed by atoms with Crippen molar-refractivity contribution in [3.8, 4) is 11.4 Å². The van der Waals surface area contributed by atoms with Crippen molar-refractivity contribution in [2.75, 3.05) is 5.75 Å². The number of rotatable bonds is 6. The Labute approximate surface area is 137 Å². The Kier molecular flexibility index (Phi) is 4.63. The zero-order valence-corrected chi connectivity index (χ0v) is 13.9. The number of hydrogen-bond donors (Lipinski definition) is 1. The van der Waals surface area contributed by atoms with Crippen molar-refractivity contribution in [1.29, 1.82) is 0 Å². The lowest BCUT2D eigenvalue weighted by Gasteiger charge is -2.13. The highest BCUT2D eigenvalue weighted by molar-refractivity contribution is 7.99. The lowest BCUT2D eigenvalue weighted by Crippen LogP contribution is -2.14. The number of allylic oxidation sites excluding steroid dienone is 1. The maximum absolute atomic E-state index is 11.0. The summed E-state index contributed by atoms with van der Waals surface area (Å²) < 4.78 is 2.01. The molecule has 116 valence electrons. The normalized spacial score (nSPS) is 13.8. The Balaban J connectivity index is 1.97. The maximum Gasteiger partial charge on any atom is 0.227 e. The number of aromatic nitrogens is 3. The Hall–Kier alpha value is -1.60. The Morgan fingerprint density at radius 3 is 3.05 bits per heavy atom. The van der Waals surface area contributed by atoms with Crippen LogP contribution in [-0.4, -0.2) is 26.4 Å². The molecule has 1 amide bonds. The van der Waals surface area contributed by atoms with Gasteiger partial charge in [0.15, 0.2) is 11.0 Å². The third-order valence-electron chi connectivity index (χ3n) is 3.67. The minimum absolute atomic E-state index is 0.205. The molecule has 2 N–H and O–H groups in total. The van der Waals surface area contributed by atoms with Gasteiger partial charge in [0.25, 0.3) is 0 Å². The molecule has 0 radical (unpaired) electrons. The molecule has 22 heavy (non-hydrogen) atoms. The van der Waals surface area contributed by atoms with Crippen LogP contribution >= 0.6 is 23.1 Å². The molecule has 0 saturated carbocycles. The number of nitrogens with two attached hydrogens (primary N) is 1. The van der Waals surface area contributed by atoms with Crippen LogP contribution in [0, 0.1) is 0 Å². The molecular weight excluding hydrogens is 316 g/mol. The summed E-state index contributed by atoms with van der Waals surface area (Å²) in [7, 11) is 0. The van der Waals surface area contributed by atoms with Crippen molar-refractivity contribution >= 4 is 29.0 Å². The second-order valence-corrected chi connectivity index (χ2v) is 7.13. The first-order valence-corrected chi connectivity index (χ1v) is 9.12. The van der Waals surface area contributed by atoms with Crippen LogP contribution in [0.15, 0.2) is 23.2 Å². The van der Waals surface area contributed by atoms with Crippen LogP contribution in [0.2, 0.25) is 0 Å². The van der Waals surface area contributed by atoms with Crippen molar-refractivity contribution in [3.63, 3.8) is 0 Å². The summed E-state index contributed by atoms with van der Waals surface area (Å²) >= 11 is 3.13. The average Bonchev–Trinajstić information content (AvgIpc) is 3.09. The van der Waals surface area contributed by atoms with Crippen molar-refractivity contribution in [2.24, 2.45) is 5.73 Å². The van der Waals surface area contributed by atoms with Gasteiger partial charge in [0.2, 0.25) is 5.91 Å². The highest BCUT2D eigenvalue weighted by Crippen LogP contribution is 2.36. The molecular formula is C15H18N4OS2. The van der Waals surface area contributed by atoms with Gasteiger partial charge in [0.1, 0.15) is 0 Å². The third-order valence-corrected chi connectivity index (χ3v) is 5.75. The summed E-state index contributed by atoms with van der Waals surface area (Å²) in [5.74, 6) is 0.718. The van der Waals surface area contributed by atoms with Gasteiger partial charge in [0.05, 0.1) is 5.75 Å². The van der Waals surface area contributed by atoms with Crippen LogP contribution in [0.25, 0.3) is 11.4 Å². The van der Waals surface area contributed by atoms with E-state index in [0.29, 0.717) is 11.7 Å². The predicted molar refractivity (Wildman–Crippen MR) is 90.1 cm³/mol. The fraction of sp³-hybridized carbons (Fsp3) is 0.400. The lowest BCUT2D eigenvalue weighted by molar-refractivity contribution is -0.115. The highest BCUT2D eigenvalue weighted by Gasteiger charge is 2.22. The fourth-order valence-corrected chi connectivity index (χ4v) is 4.52. The van der Waals surface area contributed by atoms with Gasteiger partial charge >= 0.3 is 0 Å². The Bertz CT molecular complexity index is 704.